The van der Waals surface area contributed by atoms with Crippen LogP contribution in [-0.2, 0) is 11.2 Å². The first-order valence-corrected chi connectivity index (χ1v) is 6.63. The number of alkyl halides is 2. The zero-order valence-corrected chi connectivity index (χ0v) is 12.2. The van der Waals surface area contributed by atoms with Crippen LogP contribution in [0.2, 0.25) is 0 Å². The first-order chi connectivity index (χ1) is 9.35. The predicted molar refractivity (Wildman–Crippen MR) is 74.2 cm³/mol. The van der Waals surface area contributed by atoms with Crippen molar-refractivity contribution in [2.45, 2.75) is 26.2 Å². The molecule has 0 radical (unpaired) electrons. The van der Waals surface area contributed by atoms with E-state index in [0.29, 0.717) is 25.1 Å². The van der Waals surface area contributed by atoms with Crippen LogP contribution in [-0.4, -0.2) is 43.5 Å². The second kappa shape index (κ2) is 7.33. The number of halogens is 2. The van der Waals surface area contributed by atoms with E-state index in [1.165, 1.54) is 7.11 Å². The molecule has 20 heavy (non-hydrogen) atoms. The number of benzene rings is 1. The Bertz CT molecular complexity index is 426. The highest BCUT2D eigenvalue weighted by molar-refractivity contribution is 5.89. The maximum absolute atomic E-state index is 13.0. The normalized spacial score (nSPS) is 11.7. The fourth-order valence-corrected chi connectivity index (χ4v) is 1.95. The number of carbonyl (C=O) groups is 1. The quantitative estimate of drug-likeness (QED) is 0.721. The number of methoxy groups -OCH3 is 1. The van der Waals surface area contributed by atoms with Crippen molar-refractivity contribution in [3.05, 3.63) is 35.4 Å². The van der Waals surface area contributed by atoms with Crippen molar-refractivity contribution < 1.29 is 18.3 Å². The summed E-state index contributed by atoms with van der Waals surface area (Å²) in [4.78, 5) is 13.0. The van der Waals surface area contributed by atoms with Gasteiger partial charge in [-0.15, -0.1) is 0 Å². The van der Waals surface area contributed by atoms with Crippen LogP contribution in [0.3, 0.4) is 0 Å². The summed E-state index contributed by atoms with van der Waals surface area (Å²) in [5, 5.41) is 0. The molecule has 1 aromatic carbocycles. The fourth-order valence-electron chi connectivity index (χ4n) is 1.95. The Hall–Kier alpha value is -1.49. The van der Waals surface area contributed by atoms with Crippen LogP contribution in [0.15, 0.2) is 24.3 Å². The van der Waals surface area contributed by atoms with Crippen LogP contribution >= 0.6 is 0 Å². The minimum absolute atomic E-state index is 0.232. The smallest absolute Gasteiger partial charge is 0.337 e. The van der Waals surface area contributed by atoms with Gasteiger partial charge in [0.1, 0.15) is 0 Å². The minimum atomic E-state index is -2.68. The lowest BCUT2D eigenvalue weighted by Gasteiger charge is -2.23. The van der Waals surface area contributed by atoms with Crippen molar-refractivity contribution in [2.75, 3.05) is 26.7 Å². The molecule has 0 saturated carbocycles. The van der Waals surface area contributed by atoms with E-state index in [2.05, 4.69) is 4.74 Å². The lowest BCUT2D eigenvalue weighted by molar-refractivity contribution is -0.0129. The van der Waals surface area contributed by atoms with E-state index in [1.54, 1.807) is 17.0 Å². The molecule has 0 aromatic heterocycles. The van der Waals surface area contributed by atoms with Gasteiger partial charge < -0.3 is 4.74 Å². The highest BCUT2D eigenvalue weighted by Crippen LogP contribution is 2.14. The molecule has 1 rings (SSSR count). The summed E-state index contributed by atoms with van der Waals surface area (Å²) in [5.74, 6) is -3.05. The van der Waals surface area contributed by atoms with Gasteiger partial charge in [0.2, 0.25) is 0 Å². The SMILES string of the molecule is CCN(CCc1ccc(C(=O)OC)cc1)CC(C)(F)F. The topological polar surface area (TPSA) is 29.5 Å². The van der Waals surface area contributed by atoms with Crippen molar-refractivity contribution in [3.63, 3.8) is 0 Å². The second-order valence-corrected chi connectivity index (χ2v) is 4.88. The molecule has 0 fully saturated rings. The van der Waals surface area contributed by atoms with Crippen LogP contribution in [0.5, 0.6) is 0 Å². The van der Waals surface area contributed by atoms with Gasteiger partial charge in [0.05, 0.1) is 19.2 Å². The summed E-state index contributed by atoms with van der Waals surface area (Å²) < 4.78 is 30.6. The average molecular weight is 285 g/mol. The molecule has 5 heteroatoms. The van der Waals surface area contributed by atoms with Crippen molar-refractivity contribution in [1.29, 1.82) is 0 Å². The van der Waals surface area contributed by atoms with Gasteiger partial charge in [0, 0.05) is 13.5 Å². The molecule has 0 heterocycles. The van der Waals surface area contributed by atoms with Gasteiger partial charge in [-0.1, -0.05) is 19.1 Å². The fraction of sp³-hybridized carbons (Fsp3) is 0.533. The highest BCUT2D eigenvalue weighted by Gasteiger charge is 2.24. The maximum atomic E-state index is 13.0. The van der Waals surface area contributed by atoms with Crippen molar-refractivity contribution in [2.24, 2.45) is 0 Å². The van der Waals surface area contributed by atoms with Crippen LogP contribution in [0.1, 0.15) is 29.8 Å². The van der Waals surface area contributed by atoms with Crippen molar-refractivity contribution >= 4 is 5.97 Å². The molecule has 0 N–H and O–H groups in total. The number of nitrogens with zero attached hydrogens (tertiary/aromatic N) is 1. The van der Waals surface area contributed by atoms with E-state index >= 15 is 0 Å². The molecule has 0 unspecified atom stereocenters. The van der Waals surface area contributed by atoms with E-state index in [0.717, 1.165) is 12.5 Å². The third-order valence-electron chi connectivity index (χ3n) is 3.04. The van der Waals surface area contributed by atoms with E-state index in [-0.39, 0.29) is 12.5 Å². The summed E-state index contributed by atoms with van der Waals surface area (Å²) in [5.41, 5.74) is 1.50. The Kier molecular flexibility index (Phi) is 6.07. The van der Waals surface area contributed by atoms with Gasteiger partial charge in [-0.2, -0.15) is 0 Å². The maximum Gasteiger partial charge on any atom is 0.337 e. The van der Waals surface area contributed by atoms with Crippen LogP contribution in [0.25, 0.3) is 0 Å². The summed E-state index contributed by atoms with van der Waals surface area (Å²) in [6.07, 6.45) is 0.672. The Morgan fingerprint density at radius 1 is 1.30 bits per heavy atom. The largest absolute Gasteiger partial charge is 0.465 e. The Morgan fingerprint density at radius 3 is 2.35 bits per heavy atom. The number of esters is 1. The third-order valence-corrected chi connectivity index (χ3v) is 3.04. The van der Waals surface area contributed by atoms with Crippen LogP contribution in [0.4, 0.5) is 8.78 Å². The Labute approximate surface area is 118 Å². The molecular formula is C15H21F2NO2. The zero-order valence-electron chi connectivity index (χ0n) is 12.2. The molecular weight excluding hydrogens is 264 g/mol. The van der Waals surface area contributed by atoms with Crippen LogP contribution in [0, 0.1) is 0 Å². The van der Waals surface area contributed by atoms with E-state index in [1.807, 2.05) is 19.1 Å². The van der Waals surface area contributed by atoms with E-state index < -0.39 is 5.92 Å². The summed E-state index contributed by atoms with van der Waals surface area (Å²) >= 11 is 0. The molecule has 0 aliphatic heterocycles. The summed E-state index contributed by atoms with van der Waals surface area (Å²) in [7, 11) is 1.33. The second-order valence-electron chi connectivity index (χ2n) is 4.88. The average Bonchev–Trinajstić information content (AvgIpc) is 2.42. The number of likely N-dealkylation sites (N-methyl/N-ethyl adjacent to an activating group) is 1. The zero-order chi connectivity index (χ0) is 15.2. The van der Waals surface area contributed by atoms with Crippen molar-refractivity contribution in [3.8, 4) is 0 Å². The van der Waals surface area contributed by atoms with Gasteiger partial charge in [-0.3, -0.25) is 4.90 Å². The molecule has 0 bridgehead atoms. The van der Waals surface area contributed by atoms with Crippen LogP contribution < -0.4 is 0 Å². The van der Waals surface area contributed by atoms with Gasteiger partial charge >= 0.3 is 5.97 Å². The molecule has 0 spiro atoms. The minimum Gasteiger partial charge on any atom is -0.465 e. The predicted octanol–water partition coefficient (Wildman–Crippen LogP) is 2.99. The standard InChI is InChI=1S/C15H21F2NO2/c1-4-18(11-15(2,16)17)10-9-12-5-7-13(8-6-12)14(19)20-3/h5-8H,4,9-11H2,1-3H3. The summed E-state index contributed by atoms with van der Waals surface area (Å²) in [6, 6.07) is 7.02. The molecule has 0 atom stereocenters. The number of rotatable bonds is 7. The lowest BCUT2D eigenvalue weighted by atomic mass is 10.1. The Morgan fingerprint density at radius 2 is 1.90 bits per heavy atom. The molecule has 3 nitrogen and oxygen atoms in total. The molecule has 0 aliphatic carbocycles. The third kappa shape index (κ3) is 5.65. The number of hydrogen-bond acceptors (Lipinski definition) is 3. The highest BCUT2D eigenvalue weighted by atomic mass is 19.3. The van der Waals surface area contributed by atoms with Gasteiger partial charge in [-0.05, 0) is 30.7 Å². The number of ether oxygens (including phenoxy) is 1. The van der Waals surface area contributed by atoms with Gasteiger partial charge in [-0.25, -0.2) is 13.6 Å². The number of carbonyl (C=O) groups excluding carboxylic acids is 1. The Balaban J connectivity index is 2.54. The summed E-state index contributed by atoms with van der Waals surface area (Å²) in [6.45, 7) is 3.72. The van der Waals surface area contributed by atoms with Gasteiger partial charge in [0.25, 0.3) is 5.92 Å². The number of hydrogen-bond donors (Lipinski definition) is 0. The van der Waals surface area contributed by atoms with Crippen molar-refractivity contribution in [1.82, 2.24) is 4.90 Å². The van der Waals surface area contributed by atoms with E-state index in [4.69, 9.17) is 0 Å². The molecule has 1 aromatic rings. The van der Waals surface area contributed by atoms with Gasteiger partial charge in [0.15, 0.2) is 0 Å². The molecule has 0 aliphatic rings. The molecule has 0 amide bonds. The lowest BCUT2D eigenvalue weighted by Crippen LogP contribution is -2.36. The first kappa shape index (κ1) is 16.6. The first-order valence-electron chi connectivity index (χ1n) is 6.63. The molecule has 112 valence electrons. The monoisotopic (exact) mass is 285 g/mol. The molecule has 0 saturated heterocycles. The van der Waals surface area contributed by atoms with E-state index in [9.17, 15) is 13.6 Å².